The van der Waals surface area contributed by atoms with E-state index in [0.29, 0.717) is 0 Å². The van der Waals surface area contributed by atoms with Gasteiger partial charge in [-0.1, -0.05) is 4.13 Å². The Morgan fingerprint density at radius 3 is 2.00 bits per heavy atom. The van der Waals surface area contributed by atoms with Crippen LogP contribution in [0.2, 0.25) is 0 Å². The van der Waals surface area contributed by atoms with Crippen molar-refractivity contribution in [1.82, 2.24) is 0 Å². The fourth-order valence-corrected chi connectivity index (χ4v) is 1.19. The summed E-state index contributed by atoms with van der Waals surface area (Å²) in [7, 11) is -1.09. The minimum absolute atomic E-state index is 0.180. The Bertz CT molecular complexity index is 167. The summed E-state index contributed by atoms with van der Waals surface area (Å²) < 4.78 is 31.9. The first-order valence-electron chi connectivity index (χ1n) is 1.91. The highest BCUT2D eigenvalue weighted by molar-refractivity contribution is 7.65. The molecule has 0 N–H and O–H groups in total. The van der Waals surface area contributed by atoms with Gasteiger partial charge in [0.05, 0.1) is 0 Å². The lowest BCUT2D eigenvalue weighted by Crippen LogP contribution is -1.81. The average Bonchev–Trinajstić information content (AvgIpc) is 1.89. The maximum atomic E-state index is 10.7. The van der Waals surface area contributed by atoms with Crippen molar-refractivity contribution >= 4 is 19.2 Å². The molecule has 0 spiro atoms. The second-order valence-corrected chi connectivity index (χ2v) is 3.46. The molecule has 0 aromatic carbocycles. The third-order valence-electron chi connectivity index (χ3n) is 0.595. The van der Waals surface area contributed by atoms with Crippen LogP contribution in [0.25, 0.3) is 0 Å². The molecule has 0 unspecified atom stereocenters. The van der Waals surface area contributed by atoms with E-state index in [2.05, 4.69) is 13.2 Å². The van der Waals surface area contributed by atoms with Crippen LogP contribution in [0, 0.1) is 0 Å². The van der Waals surface area contributed by atoms with Crippen LogP contribution < -0.4 is 0 Å². The number of nitrogens with zero attached hydrogens (tertiary/aromatic N) is 1. The summed E-state index contributed by atoms with van der Waals surface area (Å²) in [6.45, 7) is 0. The average molecular weight is 171 g/mol. The molecule has 0 aliphatic rings. The summed E-state index contributed by atoms with van der Waals surface area (Å²) >= 11 is -0.180. The van der Waals surface area contributed by atoms with E-state index >= 15 is 0 Å². The molecule has 0 atom stereocenters. The zero-order chi connectivity index (χ0) is 7.33. The first-order chi connectivity index (χ1) is 4.18. The predicted octanol–water partition coefficient (Wildman–Crippen LogP) is 0.784. The molecule has 5 nitrogen and oxygen atoms in total. The third-order valence-corrected chi connectivity index (χ3v) is 2.58. The predicted molar refractivity (Wildman–Crippen MR) is 32.2 cm³/mol. The molecule has 0 bridgehead atoms. The summed E-state index contributed by atoms with van der Waals surface area (Å²) in [5.74, 6) is 0. The normalized spacial score (nSPS) is 10.9. The molecule has 54 valence electrons. The van der Waals surface area contributed by atoms with E-state index in [9.17, 15) is 8.77 Å². The summed E-state index contributed by atoms with van der Waals surface area (Å²) in [6, 6.07) is 0. The molecule has 9 heavy (non-hydrogen) atoms. The van der Waals surface area contributed by atoms with Gasteiger partial charge in [-0.25, -0.2) is 4.57 Å². The van der Waals surface area contributed by atoms with Crippen molar-refractivity contribution in [3.8, 4) is 0 Å². The topological polar surface area (TPSA) is 65.0 Å². The van der Waals surface area contributed by atoms with Crippen LogP contribution in [0.4, 0.5) is 0 Å². The van der Waals surface area contributed by atoms with Gasteiger partial charge in [-0.15, -0.1) is 0 Å². The molecule has 7 heteroatoms. The number of hydrogen-bond acceptors (Lipinski definition) is 4. The highest BCUT2D eigenvalue weighted by atomic mass is 32.1. The van der Waals surface area contributed by atoms with Crippen LogP contribution in [0.15, 0.2) is 4.13 Å². The maximum absolute atomic E-state index is 10.7. The molecule has 0 aromatic rings. The quantitative estimate of drug-likeness (QED) is 0.588. The van der Waals surface area contributed by atoms with Crippen molar-refractivity contribution in [2.45, 2.75) is 0 Å². The second kappa shape index (κ2) is 3.90. The molecule has 0 amide bonds. The lowest BCUT2D eigenvalue weighted by Gasteiger charge is -2.02. The molecule has 0 heterocycles. The Balaban J connectivity index is 4.28. The van der Waals surface area contributed by atoms with E-state index in [0.717, 1.165) is 14.2 Å². The Labute approximate surface area is 56.2 Å². The van der Waals surface area contributed by atoms with E-state index in [1.807, 2.05) is 0 Å². The Morgan fingerprint density at radius 2 is 1.89 bits per heavy atom. The first-order valence-corrected chi connectivity index (χ1v) is 4.11. The molecule has 0 fully saturated rings. The van der Waals surface area contributed by atoms with E-state index < -0.39 is 7.75 Å². The summed E-state index contributed by atoms with van der Waals surface area (Å²) in [5, 5.41) is 0. The van der Waals surface area contributed by atoms with Gasteiger partial charge >= 0.3 is 7.75 Å². The lowest BCUT2D eigenvalue weighted by atomic mass is 11.8. The largest absolute Gasteiger partial charge is 0.466 e. The zero-order valence-corrected chi connectivity index (χ0v) is 6.65. The summed E-state index contributed by atoms with van der Waals surface area (Å²) in [5.41, 5.74) is 0. The Hall–Kier alpha value is -0.0300. The van der Waals surface area contributed by atoms with Crippen molar-refractivity contribution in [1.29, 1.82) is 0 Å². The van der Waals surface area contributed by atoms with Crippen molar-refractivity contribution in [2.24, 2.45) is 4.13 Å². The molecule has 0 saturated carbocycles. The van der Waals surface area contributed by atoms with Gasteiger partial charge in [0, 0.05) is 14.2 Å². The van der Waals surface area contributed by atoms with Gasteiger partial charge in [0.2, 0.25) is 11.5 Å². The fraction of sp³-hybridized carbons (Fsp3) is 1.00. The van der Waals surface area contributed by atoms with Gasteiger partial charge in [0.1, 0.15) is 0 Å². The maximum Gasteiger partial charge on any atom is 0.466 e. The van der Waals surface area contributed by atoms with E-state index in [1.165, 1.54) is 0 Å². The smallest absolute Gasteiger partial charge is 0.294 e. The van der Waals surface area contributed by atoms with E-state index in [4.69, 9.17) is 0 Å². The van der Waals surface area contributed by atoms with Gasteiger partial charge in [0.15, 0.2) is 0 Å². The fourth-order valence-electron chi connectivity index (χ4n) is 0.182. The number of hydrogen-bond donors (Lipinski definition) is 0. The highest BCUT2D eigenvalue weighted by Crippen LogP contribution is 2.47. The van der Waals surface area contributed by atoms with Crippen LogP contribution in [-0.2, 0) is 25.1 Å². The number of rotatable bonds is 3. The minimum atomic E-state index is -3.41. The standard InChI is InChI=1S/C2H6NO4PS/c1-6-8(4,7-2)3-9-5/h1-2H3. The molecule has 0 aliphatic carbocycles. The highest BCUT2D eigenvalue weighted by Gasteiger charge is 2.18. The lowest BCUT2D eigenvalue weighted by molar-refractivity contribution is 0.278. The molecule has 0 aromatic heterocycles. The SMILES string of the molecule is COP(=O)(N=S=O)OC. The molecule has 0 saturated heterocycles. The van der Waals surface area contributed by atoms with Crippen molar-refractivity contribution in [3.63, 3.8) is 0 Å². The Kier molecular flexibility index (Phi) is 3.88. The molecule has 0 radical (unpaired) electrons. The van der Waals surface area contributed by atoms with Crippen LogP contribution >= 0.6 is 7.75 Å². The molecular formula is C2H6NO4PS. The van der Waals surface area contributed by atoms with Gasteiger partial charge < -0.3 is 0 Å². The third kappa shape index (κ3) is 2.86. The van der Waals surface area contributed by atoms with Crippen LogP contribution in [0.5, 0.6) is 0 Å². The first kappa shape index (κ1) is 8.97. The van der Waals surface area contributed by atoms with Gasteiger partial charge in [-0.3, -0.25) is 9.05 Å². The van der Waals surface area contributed by atoms with E-state index in [1.54, 1.807) is 0 Å². The monoisotopic (exact) mass is 171 g/mol. The zero-order valence-electron chi connectivity index (χ0n) is 4.94. The Morgan fingerprint density at radius 1 is 1.44 bits per heavy atom. The van der Waals surface area contributed by atoms with Crippen LogP contribution in [0.3, 0.4) is 0 Å². The van der Waals surface area contributed by atoms with Crippen molar-refractivity contribution < 1.29 is 17.8 Å². The molecule has 0 aliphatic heterocycles. The van der Waals surface area contributed by atoms with E-state index in [-0.39, 0.29) is 11.5 Å². The summed E-state index contributed by atoms with van der Waals surface area (Å²) in [4.78, 5) is 0. The second-order valence-electron chi connectivity index (χ2n) is 0.990. The van der Waals surface area contributed by atoms with Crippen molar-refractivity contribution in [2.75, 3.05) is 14.2 Å². The molecule has 0 rings (SSSR count). The van der Waals surface area contributed by atoms with Crippen LogP contribution in [0.1, 0.15) is 0 Å². The van der Waals surface area contributed by atoms with Gasteiger partial charge in [0.25, 0.3) is 0 Å². The minimum Gasteiger partial charge on any atom is -0.294 e. The molecular weight excluding hydrogens is 165 g/mol. The van der Waals surface area contributed by atoms with Gasteiger partial charge in [-0.2, -0.15) is 4.21 Å². The summed E-state index contributed by atoms with van der Waals surface area (Å²) in [6.07, 6.45) is 0. The van der Waals surface area contributed by atoms with Crippen LogP contribution in [-0.4, -0.2) is 18.4 Å². The van der Waals surface area contributed by atoms with Gasteiger partial charge in [-0.05, 0) is 0 Å². The van der Waals surface area contributed by atoms with Crippen molar-refractivity contribution in [3.05, 3.63) is 0 Å².